The lowest BCUT2D eigenvalue weighted by molar-refractivity contribution is -0.121. The van der Waals surface area contributed by atoms with Gasteiger partial charge in [0, 0.05) is 37.3 Å². The number of nitrogens with zero attached hydrogens (tertiary/aromatic N) is 3. The summed E-state index contributed by atoms with van der Waals surface area (Å²) in [6, 6.07) is 14.1. The molecular weight excluding hydrogens is 328 g/mol. The third-order valence-corrected chi connectivity index (χ3v) is 4.67. The van der Waals surface area contributed by atoms with Crippen LogP contribution in [0, 0.1) is 5.92 Å². The number of carbonyl (C=O) groups is 1. The van der Waals surface area contributed by atoms with E-state index in [9.17, 15) is 4.79 Å². The second kappa shape index (κ2) is 7.47. The number of carbonyl (C=O) groups excluding carboxylic acids is 1. The second-order valence-electron chi connectivity index (χ2n) is 6.57. The lowest BCUT2D eigenvalue weighted by Crippen LogP contribution is -2.26. The molecule has 1 saturated carbocycles. The Balaban J connectivity index is 1.21. The standard InChI is InChI=1S/C20H20N4O2/c25-18(22-13-16-11-17(16)14-5-2-1-3-6-14)8-9-19-23-20(24-26-19)15-7-4-10-21-12-15/h1-7,10,12,16-17H,8-9,11,13H2,(H,22,25). The van der Waals surface area contributed by atoms with Gasteiger partial charge in [0.1, 0.15) is 0 Å². The SMILES string of the molecule is O=C(CCc1nc(-c2cccnc2)no1)NCC1CC1c1ccccc1. The first kappa shape index (κ1) is 16.4. The van der Waals surface area contributed by atoms with Crippen LogP contribution in [0.1, 0.15) is 30.2 Å². The number of nitrogens with one attached hydrogen (secondary N) is 1. The third kappa shape index (κ3) is 3.96. The van der Waals surface area contributed by atoms with Crippen LogP contribution in [0.15, 0.2) is 59.4 Å². The highest BCUT2D eigenvalue weighted by molar-refractivity contribution is 5.76. The molecule has 1 amide bonds. The molecule has 1 aliphatic carbocycles. The molecule has 6 nitrogen and oxygen atoms in total. The molecule has 2 heterocycles. The van der Waals surface area contributed by atoms with E-state index in [4.69, 9.17) is 4.52 Å². The number of amides is 1. The summed E-state index contributed by atoms with van der Waals surface area (Å²) in [5.41, 5.74) is 2.16. The summed E-state index contributed by atoms with van der Waals surface area (Å²) < 4.78 is 5.21. The van der Waals surface area contributed by atoms with Gasteiger partial charge < -0.3 is 9.84 Å². The number of hydrogen-bond donors (Lipinski definition) is 1. The van der Waals surface area contributed by atoms with Gasteiger partial charge >= 0.3 is 0 Å². The average molecular weight is 348 g/mol. The van der Waals surface area contributed by atoms with Gasteiger partial charge in [-0.25, -0.2) is 0 Å². The van der Waals surface area contributed by atoms with Crippen LogP contribution in [0.4, 0.5) is 0 Å². The van der Waals surface area contributed by atoms with Crippen molar-refractivity contribution in [2.45, 2.75) is 25.2 Å². The Morgan fingerprint density at radius 1 is 1.19 bits per heavy atom. The summed E-state index contributed by atoms with van der Waals surface area (Å²) in [7, 11) is 0. The molecular formula is C20H20N4O2. The predicted octanol–water partition coefficient (Wildman–Crippen LogP) is 2.98. The summed E-state index contributed by atoms with van der Waals surface area (Å²) in [6.07, 6.45) is 5.29. The van der Waals surface area contributed by atoms with E-state index >= 15 is 0 Å². The van der Waals surface area contributed by atoms with Gasteiger partial charge in [-0.3, -0.25) is 9.78 Å². The number of hydrogen-bond acceptors (Lipinski definition) is 5. The van der Waals surface area contributed by atoms with E-state index in [1.807, 2.05) is 18.2 Å². The zero-order chi connectivity index (χ0) is 17.8. The van der Waals surface area contributed by atoms with Gasteiger partial charge in [0.2, 0.25) is 17.6 Å². The highest BCUT2D eigenvalue weighted by Gasteiger charge is 2.37. The predicted molar refractivity (Wildman–Crippen MR) is 96.1 cm³/mol. The molecule has 2 atom stereocenters. The van der Waals surface area contributed by atoms with Crippen LogP contribution in [-0.2, 0) is 11.2 Å². The Morgan fingerprint density at radius 3 is 2.88 bits per heavy atom. The van der Waals surface area contributed by atoms with Gasteiger partial charge in [-0.15, -0.1) is 0 Å². The number of aryl methyl sites for hydroxylation is 1. The minimum absolute atomic E-state index is 0.0184. The fraction of sp³-hybridized carbons (Fsp3) is 0.300. The Bertz CT molecular complexity index is 864. The van der Waals surface area contributed by atoms with Crippen molar-refractivity contribution < 1.29 is 9.32 Å². The van der Waals surface area contributed by atoms with E-state index in [0.717, 1.165) is 18.5 Å². The van der Waals surface area contributed by atoms with Crippen molar-refractivity contribution in [3.05, 3.63) is 66.3 Å². The van der Waals surface area contributed by atoms with E-state index in [2.05, 4.69) is 44.7 Å². The van der Waals surface area contributed by atoms with Gasteiger partial charge in [0.25, 0.3) is 0 Å². The van der Waals surface area contributed by atoms with E-state index < -0.39 is 0 Å². The first-order valence-corrected chi connectivity index (χ1v) is 8.84. The lowest BCUT2D eigenvalue weighted by atomic mass is 10.1. The molecule has 0 spiro atoms. The maximum absolute atomic E-state index is 12.1. The van der Waals surface area contributed by atoms with Crippen LogP contribution in [-0.4, -0.2) is 27.6 Å². The molecule has 2 unspecified atom stereocenters. The quantitative estimate of drug-likeness (QED) is 0.710. The smallest absolute Gasteiger partial charge is 0.227 e. The van der Waals surface area contributed by atoms with Crippen molar-refractivity contribution in [3.8, 4) is 11.4 Å². The molecule has 0 radical (unpaired) electrons. The number of aromatic nitrogens is 3. The molecule has 4 rings (SSSR count). The summed E-state index contributed by atoms with van der Waals surface area (Å²) >= 11 is 0. The molecule has 1 aliphatic rings. The monoisotopic (exact) mass is 348 g/mol. The first-order valence-electron chi connectivity index (χ1n) is 8.84. The number of rotatable bonds is 7. The summed E-state index contributed by atoms with van der Waals surface area (Å²) in [6.45, 7) is 0.725. The molecule has 0 saturated heterocycles. The van der Waals surface area contributed by atoms with Crippen molar-refractivity contribution in [2.75, 3.05) is 6.54 Å². The van der Waals surface area contributed by atoms with Crippen LogP contribution in [0.5, 0.6) is 0 Å². The van der Waals surface area contributed by atoms with Crippen LogP contribution < -0.4 is 5.32 Å². The van der Waals surface area contributed by atoms with Gasteiger partial charge in [-0.2, -0.15) is 4.98 Å². The molecule has 3 aromatic rings. The fourth-order valence-electron chi connectivity index (χ4n) is 3.10. The fourth-order valence-corrected chi connectivity index (χ4v) is 3.10. The van der Waals surface area contributed by atoms with Crippen molar-refractivity contribution in [2.24, 2.45) is 5.92 Å². The highest BCUT2D eigenvalue weighted by atomic mass is 16.5. The molecule has 0 bridgehead atoms. The van der Waals surface area contributed by atoms with Crippen molar-refractivity contribution in [1.82, 2.24) is 20.4 Å². The molecule has 0 aliphatic heterocycles. The van der Waals surface area contributed by atoms with Gasteiger partial charge in [-0.1, -0.05) is 35.5 Å². The van der Waals surface area contributed by atoms with Crippen LogP contribution in [0.3, 0.4) is 0 Å². The molecule has 26 heavy (non-hydrogen) atoms. The maximum atomic E-state index is 12.1. The summed E-state index contributed by atoms with van der Waals surface area (Å²) in [5.74, 6) is 2.10. The summed E-state index contributed by atoms with van der Waals surface area (Å²) in [4.78, 5) is 20.4. The van der Waals surface area contributed by atoms with Crippen LogP contribution in [0.2, 0.25) is 0 Å². The molecule has 132 valence electrons. The number of pyridine rings is 1. The van der Waals surface area contributed by atoms with E-state index in [0.29, 0.717) is 36.4 Å². The number of benzene rings is 1. The summed E-state index contributed by atoms with van der Waals surface area (Å²) in [5, 5.41) is 6.95. The minimum atomic E-state index is 0.0184. The highest BCUT2D eigenvalue weighted by Crippen LogP contribution is 2.46. The van der Waals surface area contributed by atoms with Crippen molar-refractivity contribution in [1.29, 1.82) is 0 Å². The Kier molecular flexibility index (Phi) is 4.73. The average Bonchev–Trinajstić information content (AvgIpc) is 3.33. The first-order chi connectivity index (χ1) is 12.8. The maximum Gasteiger partial charge on any atom is 0.227 e. The Labute approximate surface area is 151 Å². The molecule has 1 N–H and O–H groups in total. The van der Waals surface area contributed by atoms with Crippen molar-refractivity contribution >= 4 is 5.91 Å². The Hall–Kier alpha value is -3.02. The molecule has 2 aromatic heterocycles. The molecule has 6 heteroatoms. The molecule has 1 fully saturated rings. The van der Waals surface area contributed by atoms with Gasteiger partial charge in [0.15, 0.2) is 0 Å². The third-order valence-electron chi connectivity index (χ3n) is 4.67. The van der Waals surface area contributed by atoms with Crippen molar-refractivity contribution in [3.63, 3.8) is 0 Å². The second-order valence-corrected chi connectivity index (χ2v) is 6.57. The largest absolute Gasteiger partial charge is 0.356 e. The normalized spacial score (nSPS) is 18.5. The van der Waals surface area contributed by atoms with Crippen LogP contribution >= 0.6 is 0 Å². The van der Waals surface area contributed by atoms with E-state index in [1.165, 1.54) is 5.56 Å². The van der Waals surface area contributed by atoms with E-state index in [-0.39, 0.29) is 5.91 Å². The van der Waals surface area contributed by atoms with Gasteiger partial charge in [-0.05, 0) is 36.0 Å². The minimum Gasteiger partial charge on any atom is -0.356 e. The molecule has 1 aromatic carbocycles. The Morgan fingerprint density at radius 2 is 2.08 bits per heavy atom. The van der Waals surface area contributed by atoms with Crippen LogP contribution in [0.25, 0.3) is 11.4 Å². The zero-order valence-corrected chi connectivity index (χ0v) is 14.3. The topological polar surface area (TPSA) is 80.9 Å². The van der Waals surface area contributed by atoms with Gasteiger partial charge in [0.05, 0.1) is 0 Å². The lowest BCUT2D eigenvalue weighted by Gasteiger charge is -2.04. The van der Waals surface area contributed by atoms with E-state index in [1.54, 1.807) is 12.4 Å². The zero-order valence-electron chi connectivity index (χ0n) is 14.3.